The summed E-state index contributed by atoms with van der Waals surface area (Å²) in [5.74, 6) is -0.556. The monoisotopic (exact) mass is 539 g/mol. The van der Waals surface area contributed by atoms with E-state index in [4.69, 9.17) is 4.74 Å². The number of hydrogen-bond donors (Lipinski definition) is 3. The highest BCUT2D eigenvalue weighted by molar-refractivity contribution is 5.92. The molecule has 214 valence electrons. The van der Waals surface area contributed by atoms with Gasteiger partial charge in [-0.15, -0.1) is 0 Å². The van der Waals surface area contributed by atoms with Gasteiger partial charge in [0.05, 0.1) is 0 Å². The first kappa shape index (κ1) is 31.7. The van der Waals surface area contributed by atoms with Gasteiger partial charge < -0.3 is 25.4 Å². The van der Waals surface area contributed by atoms with Gasteiger partial charge in [0.2, 0.25) is 11.8 Å². The van der Waals surface area contributed by atoms with Crippen LogP contribution in [0, 0.1) is 13.8 Å². The molecular formula is C31H45N3O5. The summed E-state index contributed by atoms with van der Waals surface area (Å²) in [5, 5.41) is 15.4. The Balaban J connectivity index is 2.46. The van der Waals surface area contributed by atoms with Crippen molar-refractivity contribution in [2.45, 2.75) is 91.8 Å². The molecule has 8 heteroatoms. The van der Waals surface area contributed by atoms with Crippen molar-refractivity contribution in [3.05, 3.63) is 64.7 Å². The van der Waals surface area contributed by atoms with Gasteiger partial charge in [0, 0.05) is 19.5 Å². The predicted octanol–water partition coefficient (Wildman–Crippen LogP) is 5.34. The molecule has 0 aliphatic heterocycles. The Kier molecular flexibility index (Phi) is 11.8. The summed E-state index contributed by atoms with van der Waals surface area (Å²) in [6, 6.07) is 10.4. The fraction of sp³-hybridized carbons (Fsp3) is 0.516. The van der Waals surface area contributed by atoms with Gasteiger partial charge in [-0.05, 0) is 82.3 Å². The third-order valence-electron chi connectivity index (χ3n) is 6.48. The second-order valence-electron chi connectivity index (χ2n) is 10.9. The summed E-state index contributed by atoms with van der Waals surface area (Å²) in [4.78, 5) is 42.0. The van der Waals surface area contributed by atoms with Crippen molar-refractivity contribution in [2.75, 3.05) is 13.1 Å². The maximum atomic E-state index is 14.1. The number of likely N-dealkylation sites (N-methyl/N-ethyl adjacent to an activating group) is 1. The van der Waals surface area contributed by atoms with E-state index in [1.165, 1.54) is 17.0 Å². The first-order chi connectivity index (χ1) is 18.4. The third-order valence-corrected chi connectivity index (χ3v) is 6.48. The van der Waals surface area contributed by atoms with Crippen LogP contribution in [-0.4, -0.2) is 52.6 Å². The zero-order valence-corrected chi connectivity index (χ0v) is 24.5. The van der Waals surface area contributed by atoms with Crippen LogP contribution >= 0.6 is 0 Å². The van der Waals surface area contributed by atoms with Crippen LogP contribution in [0.15, 0.2) is 42.5 Å². The Labute approximate surface area is 233 Å². The quantitative estimate of drug-likeness (QED) is 0.316. The maximum Gasteiger partial charge on any atom is 0.408 e. The summed E-state index contributed by atoms with van der Waals surface area (Å²) in [6.45, 7) is 13.9. The number of benzene rings is 2. The molecule has 2 atom stereocenters. The van der Waals surface area contributed by atoms with Gasteiger partial charge in [0.1, 0.15) is 23.4 Å². The van der Waals surface area contributed by atoms with Crippen LogP contribution in [-0.2, 0) is 20.7 Å². The molecule has 2 aromatic rings. The summed E-state index contributed by atoms with van der Waals surface area (Å²) >= 11 is 0. The number of rotatable bonds is 12. The lowest BCUT2D eigenvalue weighted by atomic mass is 9.97. The van der Waals surface area contributed by atoms with E-state index in [1.54, 1.807) is 32.9 Å². The number of phenolic OH excluding ortho intramolecular Hbond substituents is 1. The van der Waals surface area contributed by atoms with Gasteiger partial charge >= 0.3 is 6.09 Å². The second-order valence-corrected chi connectivity index (χ2v) is 10.9. The van der Waals surface area contributed by atoms with Gasteiger partial charge in [0.25, 0.3) is 0 Å². The van der Waals surface area contributed by atoms with Gasteiger partial charge in [0.15, 0.2) is 0 Å². The molecule has 3 N–H and O–H groups in total. The Morgan fingerprint density at radius 2 is 1.64 bits per heavy atom. The van der Waals surface area contributed by atoms with Crippen LogP contribution in [0.3, 0.4) is 0 Å². The lowest BCUT2D eigenvalue weighted by Gasteiger charge is -2.34. The number of phenols is 1. The minimum absolute atomic E-state index is 0.103. The van der Waals surface area contributed by atoms with Crippen molar-refractivity contribution in [3.63, 3.8) is 0 Å². The largest absolute Gasteiger partial charge is 0.508 e. The number of ether oxygens (including phenoxy) is 1. The van der Waals surface area contributed by atoms with Crippen molar-refractivity contribution in [1.29, 1.82) is 0 Å². The fourth-order valence-electron chi connectivity index (χ4n) is 4.27. The van der Waals surface area contributed by atoms with Gasteiger partial charge in [-0.3, -0.25) is 9.59 Å². The van der Waals surface area contributed by atoms with E-state index >= 15 is 0 Å². The molecule has 0 aliphatic rings. The number of aryl methyl sites for hydroxylation is 2. The molecular weight excluding hydrogens is 494 g/mol. The highest BCUT2D eigenvalue weighted by Crippen LogP contribution is 2.25. The highest BCUT2D eigenvalue weighted by Gasteiger charge is 2.35. The molecule has 2 aromatic carbocycles. The van der Waals surface area contributed by atoms with Crippen molar-refractivity contribution in [1.82, 2.24) is 15.5 Å². The summed E-state index contributed by atoms with van der Waals surface area (Å²) in [7, 11) is 0. The molecule has 0 spiro atoms. The molecule has 0 fully saturated rings. The molecule has 3 amide bonds. The van der Waals surface area contributed by atoms with E-state index in [2.05, 4.69) is 17.6 Å². The SMILES string of the molecule is CCCCCNC(=O)C(c1ccc(C)c(C)c1)N(CC)C(=O)C(Cc1ccc(O)cc1)NC(=O)OC(C)(C)C. The number of hydrogen-bond acceptors (Lipinski definition) is 5. The number of alkyl carbamates (subject to hydrolysis) is 1. The zero-order chi connectivity index (χ0) is 29.2. The van der Waals surface area contributed by atoms with Crippen LogP contribution in [0.25, 0.3) is 0 Å². The van der Waals surface area contributed by atoms with E-state index in [-0.39, 0.29) is 24.6 Å². The smallest absolute Gasteiger partial charge is 0.408 e. The number of unbranched alkanes of at least 4 members (excludes halogenated alkanes) is 2. The molecule has 0 aromatic heterocycles. The maximum absolute atomic E-state index is 14.1. The van der Waals surface area contributed by atoms with E-state index in [0.717, 1.165) is 36.0 Å². The Bertz CT molecular complexity index is 1110. The normalized spacial score (nSPS) is 12.8. The van der Waals surface area contributed by atoms with Crippen LogP contribution in [0.4, 0.5) is 4.79 Å². The minimum atomic E-state index is -0.994. The van der Waals surface area contributed by atoms with Gasteiger partial charge in [-0.2, -0.15) is 0 Å². The molecule has 0 heterocycles. The molecule has 2 rings (SSSR count). The molecule has 8 nitrogen and oxygen atoms in total. The van der Waals surface area contributed by atoms with Crippen molar-refractivity contribution >= 4 is 17.9 Å². The lowest BCUT2D eigenvalue weighted by Crippen LogP contribution is -2.53. The topological polar surface area (TPSA) is 108 Å². The van der Waals surface area contributed by atoms with Crippen LogP contribution in [0.1, 0.15) is 82.2 Å². The van der Waals surface area contributed by atoms with Crippen LogP contribution in [0.2, 0.25) is 0 Å². The van der Waals surface area contributed by atoms with Crippen LogP contribution < -0.4 is 10.6 Å². The number of aromatic hydroxyl groups is 1. The standard InChI is InChI=1S/C31H45N3O5/c1-8-10-11-18-32-28(36)27(24-15-12-21(3)22(4)19-24)34(9-2)29(37)26(33-30(38)39-31(5,6)7)20-23-13-16-25(35)17-14-23/h12-17,19,26-27,35H,8-11,18,20H2,1-7H3,(H,32,36)(H,33,38). The molecule has 0 radical (unpaired) electrons. The third kappa shape index (κ3) is 9.93. The summed E-state index contributed by atoms with van der Waals surface area (Å²) in [6.07, 6.45) is 2.32. The average molecular weight is 540 g/mol. The minimum Gasteiger partial charge on any atom is -0.508 e. The van der Waals surface area contributed by atoms with E-state index < -0.39 is 29.7 Å². The van der Waals surface area contributed by atoms with Gasteiger partial charge in [-0.25, -0.2) is 4.79 Å². The van der Waals surface area contributed by atoms with E-state index in [1.807, 2.05) is 39.0 Å². The number of carbonyl (C=O) groups is 3. The number of amides is 3. The first-order valence-electron chi connectivity index (χ1n) is 13.8. The van der Waals surface area contributed by atoms with Crippen molar-refractivity contribution in [2.24, 2.45) is 0 Å². The van der Waals surface area contributed by atoms with Crippen LogP contribution in [0.5, 0.6) is 5.75 Å². The molecule has 2 unspecified atom stereocenters. The molecule has 0 bridgehead atoms. The molecule has 39 heavy (non-hydrogen) atoms. The Hall–Kier alpha value is -3.55. The number of carbonyl (C=O) groups excluding carboxylic acids is 3. The molecule has 0 aliphatic carbocycles. The van der Waals surface area contributed by atoms with Crippen molar-refractivity contribution in [3.8, 4) is 5.75 Å². The first-order valence-corrected chi connectivity index (χ1v) is 13.8. The molecule has 0 saturated heterocycles. The fourth-order valence-corrected chi connectivity index (χ4v) is 4.27. The van der Waals surface area contributed by atoms with E-state index in [9.17, 15) is 19.5 Å². The lowest BCUT2D eigenvalue weighted by molar-refractivity contribution is -0.142. The Morgan fingerprint density at radius 1 is 0.974 bits per heavy atom. The molecule has 0 saturated carbocycles. The number of nitrogens with one attached hydrogen (secondary N) is 2. The van der Waals surface area contributed by atoms with E-state index in [0.29, 0.717) is 12.1 Å². The summed E-state index contributed by atoms with van der Waals surface area (Å²) in [5.41, 5.74) is 2.81. The zero-order valence-electron chi connectivity index (χ0n) is 24.5. The van der Waals surface area contributed by atoms with Gasteiger partial charge in [-0.1, -0.05) is 50.1 Å². The van der Waals surface area contributed by atoms with Crippen molar-refractivity contribution < 1.29 is 24.2 Å². The average Bonchev–Trinajstić information content (AvgIpc) is 2.86. The second kappa shape index (κ2) is 14.6. The number of nitrogens with zero attached hydrogens (tertiary/aromatic N) is 1. The summed E-state index contributed by atoms with van der Waals surface area (Å²) < 4.78 is 5.45. The Morgan fingerprint density at radius 3 is 2.21 bits per heavy atom. The predicted molar refractivity (Wildman–Crippen MR) is 154 cm³/mol. The highest BCUT2D eigenvalue weighted by atomic mass is 16.6.